The van der Waals surface area contributed by atoms with E-state index < -0.39 is 0 Å². The molecule has 3 rings (SSSR count). The van der Waals surface area contributed by atoms with Gasteiger partial charge in [0.1, 0.15) is 5.76 Å². The lowest BCUT2D eigenvalue weighted by Crippen LogP contribution is -2.29. The van der Waals surface area contributed by atoms with Crippen molar-refractivity contribution in [1.82, 2.24) is 4.90 Å². The van der Waals surface area contributed by atoms with E-state index in [0.29, 0.717) is 12.5 Å². The predicted molar refractivity (Wildman–Crippen MR) is 101 cm³/mol. The molecule has 0 amide bonds. The fourth-order valence-corrected chi connectivity index (χ4v) is 3.01. The lowest BCUT2D eigenvalue weighted by atomic mass is 9.94. The van der Waals surface area contributed by atoms with Crippen molar-refractivity contribution >= 4 is 44.9 Å². The Labute approximate surface area is 152 Å². The Morgan fingerprint density at radius 3 is 2.55 bits per heavy atom. The fraction of sp³-hybridized carbons (Fsp3) is 0.500. The van der Waals surface area contributed by atoms with Gasteiger partial charge in [-0.2, -0.15) is 0 Å². The number of rotatable bonds is 3. The quantitative estimate of drug-likeness (QED) is 0.794. The molecule has 0 saturated carbocycles. The van der Waals surface area contributed by atoms with Crippen LogP contribution >= 0.6 is 34.0 Å². The van der Waals surface area contributed by atoms with Gasteiger partial charge < -0.3 is 19.8 Å². The second-order valence-electron chi connectivity index (χ2n) is 5.60. The molecule has 1 aromatic carbocycles. The molecule has 0 radical (unpaired) electrons. The van der Waals surface area contributed by atoms with Gasteiger partial charge in [-0.1, -0.05) is 6.07 Å². The maximum Gasteiger partial charge on any atom is 0.176 e. The molecule has 2 N–H and O–H groups in total. The van der Waals surface area contributed by atoms with Gasteiger partial charge in [0.2, 0.25) is 0 Å². The van der Waals surface area contributed by atoms with Crippen molar-refractivity contribution in [3.8, 4) is 5.75 Å². The molecule has 22 heavy (non-hydrogen) atoms. The summed E-state index contributed by atoms with van der Waals surface area (Å²) >= 11 is 0. The Hall–Kier alpha value is -0.560. The van der Waals surface area contributed by atoms with Gasteiger partial charge in [-0.25, -0.2) is 0 Å². The van der Waals surface area contributed by atoms with E-state index in [9.17, 15) is 0 Å². The number of halogens is 2. The van der Waals surface area contributed by atoms with Crippen molar-refractivity contribution in [3.05, 3.63) is 29.5 Å². The average molecular weight is 436 g/mol. The van der Waals surface area contributed by atoms with Crippen LogP contribution in [0.3, 0.4) is 0 Å². The summed E-state index contributed by atoms with van der Waals surface area (Å²) < 4.78 is 11.5. The van der Waals surface area contributed by atoms with Gasteiger partial charge in [0, 0.05) is 17.8 Å². The Kier molecular flexibility index (Phi) is 7.38. The Morgan fingerprint density at radius 1 is 1.27 bits per heavy atom. The van der Waals surface area contributed by atoms with Crippen LogP contribution in [0.25, 0.3) is 11.0 Å². The van der Waals surface area contributed by atoms with E-state index in [1.54, 1.807) is 7.11 Å². The minimum Gasteiger partial charge on any atom is -0.493 e. The molecular weight excluding hydrogens is 412 g/mol. The number of fused-ring (bicyclic) bond motifs is 1. The molecule has 2 heterocycles. The van der Waals surface area contributed by atoms with E-state index in [0.717, 1.165) is 54.0 Å². The van der Waals surface area contributed by atoms with Crippen LogP contribution < -0.4 is 10.5 Å². The molecule has 0 aliphatic carbocycles. The lowest BCUT2D eigenvalue weighted by Gasteiger charge is -2.27. The number of benzene rings is 1. The number of hydrogen-bond donors (Lipinski definition) is 1. The number of hydrogen-bond acceptors (Lipinski definition) is 4. The normalized spacial score (nSPS) is 16.1. The van der Waals surface area contributed by atoms with Gasteiger partial charge in [-0.05, 0) is 50.7 Å². The van der Waals surface area contributed by atoms with Crippen molar-refractivity contribution in [2.75, 3.05) is 27.2 Å². The number of piperidine rings is 1. The first-order chi connectivity index (χ1) is 9.72. The monoisotopic (exact) mass is 434 g/mol. The Morgan fingerprint density at radius 2 is 1.95 bits per heavy atom. The van der Waals surface area contributed by atoms with Crippen LogP contribution in [-0.2, 0) is 6.54 Å². The molecule has 0 spiro atoms. The highest BCUT2D eigenvalue weighted by Gasteiger charge is 2.23. The molecule has 1 fully saturated rings. The molecule has 0 unspecified atom stereocenters. The zero-order valence-corrected chi connectivity index (χ0v) is 16.4. The number of ether oxygens (including phenoxy) is 1. The molecule has 0 bridgehead atoms. The molecule has 1 aliphatic rings. The summed E-state index contributed by atoms with van der Waals surface area (Å²) in [7, 11) is 3.85. The highest BCUT2D eigenvalue weighted by Crippen LogP contribution is 2.37. The standard InChI is InChI=1S/C16H22N2O2.2BrH/c1-18-7-5-11(6-8-18)15-9-13-12(10-17)3-4-14(19-2)16(13)20-15;;/h3-4,9,11H,5-8,10,17H2,1-2H3;2*1H. The zero-order chi connectivity index (χ0) is 14.1. The van der Waals surface area contributed by atoms with E-state index in [1.807, 2.05) is 12.1 Å². The van der Waals surface area contributed by atoms with Gasteiger partial charge in [-0.3, -0.25) is 0 Å². The Bertz CT molecular complexity index is 566. The third-order valence-electron chi connectivity index (χ3n) is 4.32. The van der Waals surface area contributed by atoms with Crippen LogP contribution in [0.1, 0.15) is 30.1 Å². The molecule has 1 aromatic heterocycles. The fourth-order valence-electron chi connectivity index (χ4n) is 3.01. The molecule has 2 aromatic rings. The van der Waals surface area contributed by atoms with Crippen molar-refractivity contribution in [1.29, 1.82) is 0 Å². The number of methoxy groups -OCH3 is 1. The van der Waals surface area contributed by atoms with Crippen molar-refractivity contribution in [3.63, 3.8) is 0 Å². The van der Waals surface area contributed by atoms with Crippen molar-refractivity contribution in [2.24, 2.45) is 5.73 Å². The SMILES string of the molecule is Br.Br.COc1ccc(CN)c2cc(C3CCN(C)CC3)oc12. The second kappa shape index (κ2) is 8.34. The first-order valence-electron chi connectivity index (χ1n) is 7.21. The van der Waals surface area contributed by atoms with Crippen LogP contribution in [0.5, 0.6) is 5.75 Å². The number of furan rings is 1. The smallest absolute Gasteiger partial charge is 0.176 e. The van der Waals surface area contributed by atoms with Gasteiger partial charge in [0.15, 0.2) is 11.3 Å². The minimum atomic E-state index is 0. The molecule has 1 saturated heterocycles. The summed E-state index contributed by atoms with van der Waals surface area (Å²) in [5.41, 5.74) is 7.78. The van der Waals surface area contributed by atoms with E-state index in [-0.39, 0.29) is 34.0 Å². The molecule has 6 heteroatoms. The van der Waals surface area contributed by atoms with E-state index in [1.165, 1.54) is 0 Å². The second-order valence-corrected chi connectivity index (χ2v) is 5.60. The van der Waals surface area contributed by atoms with E-state index in [4.69, 9.17) is 14.9 Å². The summed E-state index contributed by atoms with van der Waals surface area (Å²) in [5, 5.41) is 1.10. The zero-order valence-electron chi connectivity index (χ0n) is 13.0. The molecule has 0 atom stereocenters. The van der Waals surface area contributed by atoms with Gasteiger partial charge in [-0.15, -0.1) is 34.0 Å². The van der Waals surface area contributed by atoms with Crippen molar-refractivity contribution < 1.29 is 9.15 Å². The van der Waals surface area contributed by atoms with Crippen LogP contribution in [0.2, 0.25) is 0 Å². The summed E-state index contributed by atoms with van der Waals surface area (Å²) in [5.74, 6) is 2.37. The average Bonchev–Trinajstić information content (AvgIpc) is 2.92. The largest absolute Gasteiger partial charge is 0.493 e. The highest BCUT2D eigenvalue weighted by atomic mass is 79.9. The molecule has 1 aliphatic heterocycles. The highest BCUT2D eigenvalue weighted by molar-refractivity contribution is 8.93. The summed E-state index contributed by atoms with van der Waals surface area (Å²) in [6.07, 6.45) is 2.30. The first-order valence-corrected chi connectivity index (χ1v) is 7.21. The maximum atomic E-state index is 6.11. The van der Waals surface area contributed by atoms with Gasteiger partial charge >= 0.3 is 0 Å². The van der Waals surface area contributed by atoms with E-state index >= 15 is 0 Å². The molecule has 4 nitrogen and oxygen atoms in total. The van der Waals surface area contributed by atoms with E-state index in [2.05, 4.69) is 18.0 Å². The van der Waals surface area contributed by atoms with Crippen molar-refractivity contribution in [2.45, 2.75) is 25.3 Å². The maximum absolute atomic E-state index is 6.11. The summed E-state index contributed by atoms with van der Waals surface area (Å²) in [6.45, 7) is 2.78. The minimum absolute atomic E-state index is 0. The first kappa shape index (κ1) is 19.5. The summed E-state index contributed by atoms with van der Waals surface area (Å²) in [4.78, 5) is 2.37. The van der Waals surface area contributed by atoms with Crippen LogP contribution in [0.4, 0.5) is 0 Å². The Balaban J connectivity index is 0.00000121. The van der Waals surface area contributed by atoms with Crippen LogP contribution in [-0.4, -0.2) is 32.1 Å². The predicted octanol–water partition coefficient (Wildman–Crippen LogP) is 3.87. The molecule has 124 valence electrons. The number of likely N-dealkylation sites (tertiary alicyclic amines) is 1. The third-order valence-corrected chi connectivity index (χ3v) is 4.32. The lowest BCUT2D eigenvalue weighted by molar-refractivity contribution is 0.242. The van der Waals surface area contributed by atoms with Crippen LogP contribution in [0.15, 0.2) is 22.6 Å². The molecular formula is C16H24Br2N2O2. The van der Waals surface area contributed by atoms with Gasteiger partial charge in [0.05, 0.1) is 7.11 Å². The number of nitrogens with zero attached hydrogens (tertiary/aromatic N) is 1. The number of nitrogens with two attached hydrogens (primary N) is 1. The topological polar surface area (TPSA) is 51.6 Å². The van der Waals surface area contributed by atoms with Gasteiger partial charge in [0.25, 0.3) is 0 Å². The summed E-state index contributed by atoms with van der Waals surface area (Å²) in [6, 6.07) is 6.12. The third kappa shape index (κ3) is 3.67. The van der Waals surface area contributed by atoms with Crippen LogP contribution in [0, 0.1) is 0 Å².